The maximum Gasteiger partial charge on any atom is 0.129 e. The molecule has 0 saturated heterocycles. The highest BCUT2D eigenvalue weighted by molar-refractivity contribution is 7.99. The first-order valence-electron chi connectivity index (χ1n) is 8.67. The molecular weight excluding hydrogens is 364 g/mol. The van der Waals surface area contributed by atoms with Gasteiger partial charge in [0.15, 0.2) is 0 Å². The lowest BCUT2D eigenvalue weighted by molar-refractivity contribution is 0.739. The summed E-state index contributed by atoms with van der Waals surface area (Å²) in [5.41, 5.74) is 15.4. The summed E-state index contributed by atoms with van der Waals surface area (Å²) in [6.07, 6.45) is 0. The predicted octanol–water partition coefficient (Wildman–Crippen LogP) is 3.96. The molecule has 0 aliphatic carbocycles. The molecule has 0 spiro atoms. The maximum atomic E-state index is 6.30. The molecule has 6 heteroatoms. The first-order chi connectivity index (χ1) is 12.7. The van der Waals surface area contributed by atoms with E-state index in [4.69, 9.17) is 28.1 Å². The van der Waals surface area contributed by atoms with Gasteiger partial charge in [-0.05, 0) is 41.5 Å². The van der Waals surface area contributed by atoms with Gasteiger partial charge in [-0.2, -0.15) is 0 Å². The number of fused-ring (bicyclic) bond motifs is 2. The molecule has 4 nitrogen and oxygen atoms in total. The first-order valence-corrected chi connectivity index (χ1v) is 10.0. The van der Waals surface area contributed by atoms with Crippen LogP contribution in [0.2, 0.25) is 5.02 Å². The van der Waals surface area contributed by atoms with Crippen molar-refractivity contribution in [3.05, 3.63) is 64.7 Å². The van der Waals surface area contributed by atoms with Gasteiger partial charge in [-0.1, -0.05) is 29.8 Å². The summed E-state index contributed by atoms with van der Waals surface area (Å²) in [5.74, 6) is 1.96. The molecule has 1 aromatic heterocycles. The molecule has 0 radical (unpaired) electrons. The maximum absolute atomic E-state index is 6.30. The Bertz CT molecular complexity index is 946. The molecular formula is C20H21ClN4S. The van der Waals surface area contributed by atoms with Gasteiger partial charge < -0.3 is 16.4 Å². The number of hydrogen-bond acceptors (Lipinski definition) is 5. The Kier molecular flexibility index (Phi) is 5.05. The normalized spacial score (nSPS) is 15.6. The van der Waals surface area contributed by atoms with Crippen molar-refractivity contribution in [2.45, 2.75) is 17.5 Å². The van der Waals surface area contributed by atoms with Gasteiger partial charge in [-0.25, -0.2) is 4.98 Å². The van der Waals surface area contributed by atoms with Gasteiger partial charge >= 0.3 is 0 Å². The zero-order valence-electron chi connectivity index (χ0n) is 14.4. The first kappa shape index (κ1) is 17.6. The lowest BCUT2D eigenvalue weighted by Crippen LogP contribution is -2.26. The van der Waals surface area contributed by atoms with E-state index in [2.05, 4.69) is 35.2 Å². The Morgan fingerprint density at radius 3 is 2.88 bits per heavy atom. The molecule has 0 amide bonds. The Labute approximate surface area is 162 Å². The van der Waals surface area contributed by atoms with E-state index in [9.17, 15) is 0 Å². The summed E-state index contributed by atoms with van der Waals surface area (Å²) in [4.78, 5) is 8.56. The summed E-state index contributed by atoms with van der Waals surface area (Å²) < 4.78 is 0. The van der Waals surface area contributed by atoms with Crippen LogP contribution in [0.25, 0.3) is 10.9 Å². The Morgan fingerprint density at radius 1 is 1.19 bits per heavy atom. The molecule has 0 bridgehead atoms. The van der Waals surface area contributed by atoms with Crippen molar-refractivity contribution in [2.75, 3.05) is 23.7 Å². The minimum atomic E-state index is -0.244. The molecule has 0 saturated carbocycles. The highest BCUT2D eigenvalue weighted by Crippen LogP contribution is 2.32. The molecule has 26 heavy (non-hydrogen) atoms. The van der Waals surface area contributed by atoms with Crippen LogP contribution in [0.3, 0.4) is 0 Å². The van der Waals surface area contributed by atoms with E-state index < -0.39 is 0 Å². The molecule has 1 atom stereocenters. The van der Waals surface area contributed by atoms with Gasteiger partial charge in [-0.3, -0.25) is 0 Å². The highest BCUT2D eigenvalue weighted by atomic mass is 35.5. The zero-order chi connectivity index (χ0) is 18.1. The zero-order valence-corrected chi connectivity index (χ0v) is 15.9. The molecule has 0 fully saturated rings. The van der Waals surface area contributed by atoms with Crippen molar-refractivity contribution >= 4 is 40.1 Å². The molecule has 1 aliphatic heterocycles. The summed E-state index contributed by atoms with van der Waals surface area (Å²) >= 11 is 8.09. The van der Waals surface area contributed by atoms with E-state index in [0.29, 0.717) is 11.6 Å². The van der Waals surface area contributed by atoms with Crippen molar-refractivity contribution in [3.63, 3.8) is 0 Å². The lowest BCUT2D eigenvalue weighted by atomic mass is 10.0. The highest BCUT2D eigenvalue weighted by Gasteiger charge is 2.19. The van der Waals surface area contributed by atoms with Crippen LogP contribution in [-0.4, -0.2) is 23.8 Å². The number of benzene rings is 2. The quantitative estimate of drug-likeness (QED) is 0.715. The van der Waals surface area contributed by atoms with Crippen molar-refractivity contribution < 1.29 is 0 Å². The second-order valence-electron chi connectivity index (χ2n) is 6.45. The monoisotopic (exact) mass is 384 g/mol. The third-order valence-electron chi connectivity index (χ3n) is 4.72. The Balaban J connectivity index is 1.80. The summed E-state index contributed by atoms with van der Waals surface area (Å²) in [7, 11) is 0. The number of pyridine rings is 1. The molecule has 3 aromatic rings. The average molecular weight is 385 g/mol. The van der Waals surface area contributed by atoms with Crippen LogP contribution in [0.15, 0.2) is 53.4 Å². The lowest BCUT2D eigenvalue weighted by Gasteiger charge is -2.24. The largest absolute Gasteiger partial charge is 0.351 e. The standard InChI is InChI=1S/C20H21ClN4S/c21-14-5-6-18-16(9-14)15(17(23)11-22)10-20(24-18)25-7-8-26-19-4-2-1-3-13(19)12-25/h1-6,9-10,17H,7-8,11-12,22-23H2. The number of nitrogens with zero attached hydrogens (tertiary/aromatic N) is 2. The molecule has 4 rings (SSSR count). The van der Waals surface area contributed by atoms with Crippen LogP contribution >= 0.6 is 23.4 Å². The summed E-state index contributed by atoms with van der Waals surface area (Å²) in [6, 6.07) is 16.1. The van der Waals surface area contributed by atoms with Gasteiger partial charge in [0.25, 0.3) is 0 Å². The SMILES string of the molecule is NCC(N)c1cc(N2CCSc3ccccc3C2)nc2ccc(Cl)cc12. The summed E-state index contributed by atoms with van der Waals surface area (Å²) in [5, 5.41) is 1.65. The van der Waals surface area contributed by atoms with Gasteiger partial charge in [0.1, 0.15) is 5.82 Å². The third-order valence-corrected chi connectivity index (χ3v) is 6.05. The van der Waals surface area contributed by atoms with Crippen LogP contribution in [0.4, 0.5) is 5.82 Å². The van der Waals surface area contributed by atoms with Crippen molar-refractivity contribution in [3.8, 4) is 0 Å². The number of thioether (sulfide) groups is 1. The van der Waals surface area contributed by atoms with Crippen molar-refractivity contribution in [2.24, 2.45) is 11.5 Å². The van der Waals surface area contributed by atoms with E-state index in [0.717, 1.165) is 41.1 Å². The van der Waals surface area contributed by atoms with Gasteiger partial charge in [0, 0.05) is 46.7 Å². The second kappa shape index (κ2) is 7.45. The minimum Gasteiger partial charge on any atom is -0.351 e. The van der Waals surface area contributed by atoms with Crippen LogP contribution in [0, 0.1) is 0 Å². The fourth-order valence-corrected chi connectivity index (χ4v) is 4.52. The smallest absolute Gasteiger partial charge is 0.129 e. The number of nitrogens with two attached hydrogens (primary N) is 2. The summed E-state index contributed by atoms with van der Waals surface area (Å²) in [6.45, 7) is 2.15. The Hall–Kier alpha value is -1.79. The van der Waals surface area contributed by atoms with E-state index in [1.165, 1.54) is 10.5 Å². The van der Waals surface area contributed by atoms with Crippen LogP contribution in [0.5, 0.6) is 0 Å². The van der Waals surface area contributed by atoms with Gasteiger partial charge in [0.2, 0.25) is 0 Å². The number of aromatic nitrogens is 1. The van der Waals surface area contributed by atoms with Crippen LogP contribution in [-0.2, 0) is 6.54 Å². The molecule has 4 N–H and O–H groups in total. The van der Waals surface area contributed by atoms with E-state index >= 15 is 0 Å². The molecule has 1 aliphatic rings. The molecule has 1 unspecified atom stereocenters. The third kappa shape index (κ3) is 3.40. The second-order valence-corrected chi connectivity index (χ2v) is 8.02. The number of halogens is 1. The number of anilines is 1. The van der Waals surface area contributed by atoms with E-state index in [-0.39, 0.29) is 6.04 Å². The van der Waals surface area contributed by atoms with Gasteiger partial charge in [-0.15, -0.1) is 11.8 Å². The minimum absolute atomic E-state index is 0.244. The number of hydrogen-bond donors (Lipinski definition) is 2. The molecule has 2 heterocycles. The molecule has 134 valence electrons. The van der Waals surface area contributed by atoms with Crippen molar-refractivity contribution in [1.82, 2.24) is 4.98 Å². The fourth-order valence-electron chi connectivity index (χ4n) is 3.33. The number of rotatable bonds is 3. The van der Waals surface area contributed by atoms with E-state index in [1.807, 2.05) is 30.0 Å². The predicted molar refractivity (Wildman–Crippen MR) is 111 cm³/mol. The Morgan fingerprint density at radius 2 is 2.04 bits per heavy atom. The van der Waals surface area contributed by atoms with Crippen molar-refractivity contribution in [1.29, 1.82) is 0 Å². The van der Waals surface area contributed by atoms with Crippen LogP contribution < -0.4 is 16.4 Å². The average Bonchev–Trinajstić information content (AvgIpc) is 2.89. The molecule has 2 aromatic carbocycles. The van der Waals surface area contributed by atoms with Crippen LogP contribution in [0.1, 0.15) is 17.2 Å². The van der Waals surface area contributed by atoms with Gasteiger partial charge in [0.05, 0.1) is 5.52 Å². The fraction of sp³-hybridized carbons (Fsp3) is 0.250. The topological polar surface area (TPSA) is 68.2 Å². The van der Waals surface area contributed by atoms with E-state index in [1.54, 1.807) is 0 Å².